The standard InChI is InChI=1S/C23H21N3O4S/c1-15-5-3-7-19(13-15)25-22(27)16(2)31-21-11-9-18(10-12-21)24-23(28)17-6-4-8-20(14-17)26(29)30/h3-14,16H,1-2H3,(H,24,28)(H,25,27). The van der Waals surface area contributed by atoms with Crippen molar-refractivity contribution in [2.24, 2.45) is 0 Å². The molecule has 0 heterocycles. The van der Waals surface area contributed by atoms with E-state index in [2.05, 4.69) is 10.6 Å². The number of thioether (sulfide) groups is 1. The van der Waals surface area contributed by atoms with Crippen molar-refractivity contribution in [3.8, 4) is 0 Å². The highest BCUT2D eigenvalue weighted by molar-refractivity contribution is 8.00. The highest BCUT2D eigenvalue weighted by atomic mass is 32.2. The van der Waals surface area contributed by atoms with E-state index in [4.69, 9.17) is 0 Å². The van der Waals surface area contributed by atoms with Gasteiger partial charge in [-0.1, -0.05) is 18.2 Å². The highest BCUT2D eigenvalue weighted by Crippen LogP contribution is 2.26. The lowest BCUT2D eigenvalue weighted by Crippen LogP contribution is -2.22. The van der Waals surface area contributed by atoms with E-state index in [0.717, 1.165) is 16.1 Å². The first-order valence-corrected chi connectivity index (χ1v) is 10.4. The van der Waals surface area contributed by atoms with Gasteiger partial charge in [-0.15, -0.1) is 11.8 Å². The minimum absolute atomic E-state index is 0.0985. The van der Waals surface area contributed by atoms with Gasteiger partial charge in [0.1, 0.15) is 0 Å². The third-order valence-electron chi connectivity index (χ3n) is 4.40. The third kappa shape index (κ3) is 6.16. The summed E-state index contributed by atoms with van der Waals surface area (Å²) in [5, 5.41) is 16.2. The Morgan fingerprint density at radius 1 is 0.935 bits per heavy atom. The van der Waals surface area contributed by atoms with E-state index < -0.39 is 10.8 Å². The number of nitrogens with one attached hydrogen (secondary N) is 2. The number of amides is 2. The molecular weight excluding hydrogens is 414 g/mol. The van der Waals surface area contributed by atoms with Crippen molar-refractivity contribution in [3.05, 3.63) is 94.0 Å². The molecular formula is C23H21N3O4S. The predicted octanol–water partition coefficient (Wildman–Crippen LogP) is 5.27. The number of carbonyl (C=O) groups excluding carboxylic acids is 2. The summed E-state index contributed by atoms with van der Waals surface area (Å²) in [5.41, 5.74) is 2.45. The van der Waals surface area contributed by atoms with Crippen molar-refractivity contribution >= 4 is 40.6 Å². The van der Waals surface area contributed by atoms with Crippen LogP contribution in [0.4, 0.5) is 17.1 Å². The Hall–Kier alpha value is -3.65. The van der Waals surface area contributed by atoms with Gasteiger partial charge in [-0.05, 0) is 61.9 Å². The van der Waals surface area contributed by atoms with Gasteiger partial charge in [0.2, 0.25) is 5.91 Å². The number of hydrogen-bond donors (Lipinski definition) is 2. The Balaban J connectivity index is 1.58. The molecule has 0 bridgehead atoms. The van der Waals surface area contributed by atoms with Crippen LogP contribution in [0.25, 0.3) is 0 Å². The number of hydrogen-bond acceptors (Lipinski definition) is 5. The van der Waals surface area contributed by atoms with E-state index in [1.54, 1.807) is 12.1 Å². The SMILES string of the molecule is Cc1cccc(NC(=O)C(C)Sc2ccc(NC(=O)c3cccc([N+](=O)[O-])c3)cc2)c1. The van der Waals surface area contributed by atoms with Gasteiger partial charge in [0.05, 0.1) is 10.2 Å². The molecule has 2 N–H and O–H groups in total. The quantitative estimate of drug-likeness (QED) is 0.299. The van der Waals surface area contributed by atoms with E-state index in [1.807, 2.05) is 50.2 Å². The molecule has 3 rings (SSSR count). The van der Waals surface area contributed by atoms with Crippen molar-refractivity contribution in [1.29, 1.82) is 0 Å². The van der Waals surface area contributed by atoms with E-state index >= 15 is 0 Å². The lowest BCUT2D eigenvalue weighted by Gasteiger charge is -2.13. The molecule has 8 heteroatoms. The molecule has 0 saturated heterocycles. The van der Waals surface area contributed by atoms with Crippen molar-refractivity contribution < 1.29 is 14.5 Å². The Bertz CT molecular complexity index is 1120. The van der Waals surface area contributed by atoms with Crippen LogP contribution in [-0.4, -0.2) is 22.0 Å². The Labute approximate surface area is 184 Å². The number of anilines is 2. The van der Waals surface area contributed by atoms with Gasteiger partial charge in [0.25, 0.3) is 11.6 Å². The number of non-ortho nitro benzene ring substituents is 1. The third-order valence-corrected chi connectivity index (χ3v) is 5.51. The molecule has 3 aromatic carbocycles. The van der Waals surface area contributed by atoms with Crippen LogP contribution in [0.1, 0.15) is 22.8 Å². The van der Waals surface area contributed by atoms with E-state index in [9.17, 15) is 19.7 Å². The summed E-state index contributed by atoms with van der Waals surface area (Å²) in [5.74, 6) is -0.534. The van der Waals surface area contributed by atoms with Gasteiger partial charge in [-0.25, -0.2) is 0 Å². The normalized spacial score (nSPS) is 11.4. The predicted molar refractivity (Wildman–Crippen MR) is 123 cm³/mol. The second kappa shape index (κ2) is 9.90. The number of aryl methyl sites for hydroxylation is 1. The zero-order valence-corrected chi connectivity index (χ0v) is 17.8. The highest BCUT2D eigenvalue weighted by Gasteiger charge is 2.15. The topological polar surface area (TPSA) is 101 Å². The molecule has 0 fully saturated rings. The first-order chi connectivity index (χ1) is 14.8. The minimum Gasteiger partial charge on any atom is -0.325 e. The lowest BCUT2D eigenvalue weighted by atomic mass is 10.2. The van der Waals surface area contributed by atoms with E-state index in [0.29, 0.717) is 5.69 Å². The number of benzene rings is 3. The van der Waals surface area contributed by atoms with Crippen LogP contribution >= 0.6 is 11.8 Å². The Morgan fingerprint density at radius 2 is 1.65 bits per heavy atom. The summed E-state index contributed by atoms with van der Waals surface area (Å²) in [4.78, 5) is 36.0. The first-order valence-electron chi connectivity index (χ1n) is 9.52. The lowest BCUT2D eigenvalue weighted by molar-refractivity contribution is -0.384. The van der Waals surface area contributed by atoms with Crippen LogP contribution in [0.3, 0.4) is 0 Å². The summed E-state index contributed by atoms with van der Waals surface area (Å²) in [7, 11) is 0. The average molecular weight is 436 g/mol. The molecule has 2 amide bonds. The molecule has 0 aliphatic rings. The maximum absolute atomic E-state index is 12.4. The van der Waals surface area contributed by atoms with Crippen molar-refractivity contribution in [2.45, 2.75) is 24.0 Å². The van der Waals surface area contributed by atoms with E-state index in [-0.39, 0.29) is 22.4 Å². The van der Waals surface area contributed by atoms with E-state index in [1.165, 1.54) is 36.0 Å². The monoisotopic (exact) mass is 435 g/mol. The molecule has 158 valence electrons. The van der Waals surface area contributed by atoms with Gasteiger partial charge >= 0.3 is 0 Å². The van der Waals surface area contributed by atoms with Crippen LogP contribution in [0.15, 0.2) is 77.7 Å². The van der Waals surface area contributed by atoms with Crippen LogP contribution in [0.2, 0.25) is 0 Å². The van der Waals surface area contributed by atoms with Gasteiger partial charge in [-0.3, -0.25) is 19.7 Å². The number of nitro groups is 1. The van der Waals surface area contributed by atoms with Crippen LogP contribution in [0, 0.1) is 17.0 Å². The molecule has 0 aliphatic heterocycles. The Morgan fingerprint density at radius 3 is 2.32 bits per heavy atom. The van der Waals surface area contributed by atoms with Gasteiger partial charge < -0.3 is 10.6 Å². The van der Waals surface area contributed by atoms with Crippen LogP contribution < -0.4 is 10.6 Å². The average Bonchev–Trinajstić information content (AvgIpc) is 2.75. The fraction of sp³-hybridized carbons (Fsp3) is 0.130. The molecule has 0 radical (unpaired) electrons. The fourth-order valence-corrected chi connectivity index (χ4v) is 3.67. The number of carbonyl (C=O) groups is 2. The van der Waals surface area contributed by atoms with Crippen molar-refractivity contribution in [2.75, 3.05) is 10.6 Å². The first kappa shape index (κ1) is 22.0. The minimum atomic E-state index is -0.543. The van der Waals surface area contributed by atoms with Gasteiger partial charge in [-0.2, -0.15) is 0 Å². The summed E-state index contributed by atoms with van der Waals surface area (Å²) in [6, 6.07) is 20.2. The molecule has 7 nitrogen and oxygen atoms in total. The molecule has 1 unspecified atom stereocenters. The van der Waals surface area contributed by atoms with Crippen molar-refractivity contribution in [3.63, 3.8) is 0 Å². The molecule has 3 aromatic rings. The molecule has 0 aromatic heterocycles. The number of nitrogens with zero attached hydrogens (tertiary/aromatic N) is 1. The molecule has 31 heavy (non-hydrogen) atoms. The van der Waals surface area contributed by atoms with Crippen LogP contribution in [-0.2, 0) is 4.79 Å². The molecule has 1 atom stereocenters. The van der Waals surface area contributed by atoms with Gasteiger partial charge in [0, 0.05) is 34.0 Å². The maximum atomic E-state index is 12.4. The van der Waals surface area contributed by atoms with Crippen LogP contribution in [0.5, 0.6) is 0 Å². The zero-order valence-electron chi connectivity index (χ0n) is 17.0. The summed E-state index contributed by atoms with van der Waals surface area (Å²) in [6.07, 6.45) is 0. The largest absolute Gasteiger partial charge is 0.325 e. The van der Waals surface area contributed by atoms with Gasteiger partial charge in [0.15, 0.2) is 0 Å². The summed E-state index contributed by atoms with van der Waals surface area (Å²) in [6.45, 7) is 3.79. The number of nitro benzene ring substituents is 1. The summed E-state index contributed by atoms with van der Waals surface area (Å²) >= 11 is 1.40. The summed E-state index contributed by atoms with van der Waals surface area (Å²) < 4.78 is 0. The molecule has 0 spiro atoms. The zero-order chi connectivity index (χ0) is 22.4. The number of rotatable bonds is 7. The van der Waals surface area contributed by atoms with Crippen molar-refractivity contribution in [1.82, 2.24) is 0 Å². The molecule has 0 saturated carbocycles. The second-order valence-electron chi connectivity index (χ2n) is 6.90. The molecule has 0 aliphatic carbocycles. The second-order valence-corrected chi connectivity index (χ2v) is 8.32. The maximum Gasteiger partial charge on any atom is 0.270 e. The fourth-order valence-electron chi connectivity index (χ4n) is 2.81. The smallest absolute Gasteiger partial charge is 0.270 e. The Kier molecular flexibility index (Phi) is 7.04.